The van der Waals surface area contributed by atoms with E-state index in [4.69, 9.17) is 9.47 Å². The molecule has 0 aliphatic carbocycles. The second-order valence-corrected chi connectivity index (χ2v) is 3.56. The van der Waals surface area contributed by atoms with Gasteiger partial charge in [-0.15, -0.1) is 0 Å². The molecule has 80 valence electrons. The Balaban J connectivity index is 2.13. The molecule has 1 heterocycles. The van der Waals surface area contributed by atoms with Gasteiger partial charge < -0.3 is 14.4 Å². The molecule has 2 rings (SSSR count). The van der Waals surface area contributed by atoms with E-state index in [1.54, 1.807) is 18.9 Å². The molecule has 0 radical (unpaired) electrons. The highest BCUT2D eigenvalue weighted by molar-refractivity contribution is 5.72. The summed E-state index contributed by atoms with van der Waals surface area (Å²) in [6, 6.07) is 5.71. The summed E-state index contributed by atoms with van der Waals surface area (Å²) >= 11 is 0. The van der Waals surface area contributed by atoms with E-state index >= 15 is 0 Å². The van der Waals surface area contributed by atoms with Crippen molar-refractivity contribution >= 4 is 5.91 Å². The zero-order valence-electron chi connectivity index (χ0n) is 8.82. The summed E-state index contributed by atoms with van der Waals surface area (Å²) in [5.74, 6) is 1.57. The molecule has 1 aliphatic heterocycles. The normalized spacial score (nSPS) is 12.7. The number of hydrogen-bond donors (Lipinski definition) is 0. The van der Waals surface area contributed by atoms with Crippen LogP contribution in [0.5, 0.6) is 11.5 Å². The van der Waals surface area contributed by atoms with Crippen molar-refractivity contribution in [1.82, 2.24) is 4.90 Å². The third kappa shape index (κ3) is 2.03. The molecule has 0 unspecified atom stereocenters. The van der Waals surface area contributed by atoms with Crippen LogP contribution in [0.3, 0.4) is 0 Å². The number of benzene rings is 1. The van der Waals surface area contributed by atoms with Crippen molar-refractivity contribution in [3.63, 3.8) is 0 Å². The van der Waals surface area contributed by atoms with Crippen LogP contribution in [0.4, 0.5) is 0 Å². The van der Waals surface area contributed by atoms with E-state index in [0.29, 0.717) is 6.54 Å². The van der Waals surface area contributed by atoms with Crippen molar-refractivity contribution in [2.75, 3.05) is 13.8 Å². The minimum absolute atomic E-state index is 0.0488. The van der Waals surface area contributed by atoms with Gasteiger partial charge in [0.15, 0.2) is 11.5 Å². The smallest absolute Gasteiger partial charge is 0.231 e. The first kappa shape index (κ1) is 9.83. The van der Waals surface area contributed by atoms with Crippen molar-refractivity contribution in [2.24, 2.45) is 0 Å². The molecule has 4 heteroatoms. The van der Waals surface area contributed by atoms with Crippen molar-refractivity contribution in [2.45, 2.75) is 13.5 Å². The first-order valence-corrected chi connectivity index (χ1v) is 4.77. The van der Waals surface area contributed by atoms with Crippen molar-refractivity contribution < 1.29 is 14.3 Å². The number of hydrogen-bond acceptors (Lipinski definition) is 3. The molecule has 0 N–H and O–H groups in total. The van der Waals surface area contributed by atoms with E-state index in [2.05, 4.69) is 0 Å². The monoisotopic (exact) mass is 207 g/mol. The van der Waals surface area contributed by atoms with Crippen LogP contribution in [0.25, 0.3) is 0 Å². The van der Waals surface area contributed by atoms with Crippen LogP contribution in [-0.4, -0.2) is 24.6 Å². The van der Waals surface area contributed by atoms with Crippen molar-refractivity contribution in [1.29, 1.82) is 0 Å². The molecule has 1 aromatic rings. The van der Waals surface area contributed by atoms with E-state index in [-0.39, 0.29) is 12.7 Å². The summed E-state index contributed by atoms with van der Waals surface area (Å²) in [5, 5.41) is 0. The standard InChI is InChI=1S/C11H13NO3/c1-8(13)12(2)6-9-3-4-10-11(5-9)15-7-14-10/h3-5H,6-7H2,1-2H3. The fourth-order valence-electron chi connectivity index (χ4n) is 1.42. The summed E-state index contributed by atoms with van der Waals surface area (Å²) < 4.78 is 10.5. The molecular formula is C11H13NO3. The molecule has 0 aromatic heterocycles. The molecule has 4 nitrogen and oxygen atoms in total. The highest BCUT2D eigenvalue weighted by atomic mass is 16.7. The van der Waals surface area contributed by atoms with Gasteiger partial charge in [-0.1, -0.05) is 6.07 Å². The lowest BCUT2D eigenvalue weighted by molar-refractivity contribution is -0.128. The van der Waals surface area contributed by atoms with Gasteiger partial charge in [-0.2, -0.15) is 0 Å². The minimum Gasteiger partial charge on any atom is -0.454 e. The fraction of sp³-hybridized carbons (Fsp3) is 0.364. The zero-order chi connectivity index (χ0) is 10.8. The second-order valence-electron chi connectivity index (χ2n) is 3.56. The predicted octanol–water partition coefficient (Wildman–Crippen LogP) is 1.39. The van der Waals surface area contributed by atoms with Gasteiger partial charge in [-0.3, -0.25) is 4.79 Å². The second kappa shape index (κ2) is 3.81. The number of amides is 1. The number of carbonyl (C=O) groups is 1. The van der Waals surface area contributed by atoms with E-state index in [9.17, 15) is 4.79 Å². The van der Waals surface area contributed by atoms with Crippen LogP contribution in [0, 0.1) is 0 Å². The van der Waals surface area contributed by atoms with E-state index in [1.807, 2.05) is 18.2 Å². The molecular weight excluding hydrogens is 194 g/mol. The Morgan fingerprint density at radius 2 is 2.13 bits per heavy atom. The Kier molecular flexibility index (Phi) is 2.49. The van der Waals surface area contributed by atoms with Crippen LogP contribution in [0.15, 0.2) is 18.2 Å². The third-order valence-electron chi connectivity index (χ3n) is 2.39. The molecule has 1 aliphatic rings. The molecule has 0 bridgehead atoms. The van der Waals surface area contributed by atoms with Gasteiger partial charge in [-0.25, -0.2) is 0 Å². The molecule has 0 saturated heterocycles. The lowest BCUT2D eigenvalue weighted by Crippen LogP contribution is -2.22. The summed E-state index contributed by atoms with van der Waals surface area (Å²) in [5.41, 5.74) is 1.04. The summed E-state index contributed by atoms with van der Waals surface area (Å²) in [7, 11) is 1.77. The van der Waals surface area contributed by atoms with Gasteiger partial charge in [0, 0.05) is 20.5 Å². The number of rotatable bonds is 2. The topological polar surface area (TPSA) is 38.8 Å². The molecule has 0 saturated carbocycles. The van der Waals surface area contributed by atoms with Crippen molar-refractivity contribution in [3.8, 4) is 11.5 Å². The Morgan fingerprint density at radius 3 is 2.87 bits per heavy atom. The van der Waals surface area contributed by atoms with Crippen LogP contribution >= 0.6 is 0 Å². The maximum Gasteiger partial charge on any atom is 0.231 e. The SMILES string of the molecule is CC(=O)N(C)Cc1ccc2c(c1)OCO2. The van der Waals surface area contributed by atoms with E-state index in [0.717, 1.165) is 17.1 Å². The maximum atomic E-state index is 11.1. The maximum absolute atomic E-state index is 11.1. The predicted molar refractivity (Wildman–Crippen MR) is 54.7 cm³/mol. The van der Waals surface area contributed by atoms with Gasteiger partial charge in [-0.05, 0) is 17.7 Å². The first-order chi connectivity index (χ1) is 7.16. The highest BCUT2D eigenvalue weighted by Gasteiger charge is 2.14. The molecule has 0 atom stereocenters. The molecule has 0 spiro atoms. The number of nitrogens with zero attached hydrogens (tertiary/aromatic N) is 1. The van der Waals surface area contributed by atoms with Crippen LogP contribution in [0.2, 0.25) is 0 Å². The average Bonchev–Trinajstić information content (AvgIpc) is 2.64. The van der Waals surface area contributed by atoms with Gasteiger partial charge in [0.05, 0.1) is 0 Å². The van der Waals surface area contributed by atoms with Gasteiger partial charge >= 0.3 is 0 Å². The van der Waals surface area contributed by atoms with Crippen LogP contribution in [-0.2, 0) is 11.3 Å². The largest absolute Gasteiger partial charge is 0.454 e. The van der Waals surface area contributed by atoms with Gasteiger partial charge in [0.1, 0.15) is 0 Å². The number of ether oxygens (including phenoxy) is 2. The lowest BCUT2D eigenvalue weighted by Gasteiger charge is -2.14. The third-order valence-corrected chi connectivity index (χ3v) is 2.39. The average molecular weight is 207 g/mol. The van der Waals surface area contributed by atoms with Gasteiger partial charge in [0.25, 0.3) is 0 Å². The Bertz CT molecular complexity index is 389. The fourth-order valence-corrected chi connectivity index (χ4v) is 1.42. The molecule has 0 fully saturated rings. The number of carbonyl (C=O) groups excluding carboxylic acids is 1. The summed E-state index contributed by atoms with van der Waals surface area (Å²) in [6.07, 6.45) is 0. The van der Waals surface area contributed by atoms with E-state index in [1.165, 1.54) is 0 Å². The lowest BCUT2D eigenvalue weighted by atomic mass is 10.2. The quantitative estimate of drug-likeness (QED) is 0.735. The van der Waals surface area contributed by atoms with Crippen molar-refractivity contribution in [3.05, 3.63) is 23.8 Å². The number of fused-ring (bicyclic) bond motifs is 1. The molecule has 1 aromatic carbocycles. The minimum atomic E-state index is 0.0488. The van der Waals surface area contributed by atoms with Crippen LogP contribution < -0.4 is 9.47 Å². The van der Waals surface area contributed by atoms with Gasteiger partial charge in [0.2, 0.25) is 12.7 Å². The highest BCUT2D eigenvalue weighted by Crippen LogP contribution is 2.32. The summed E-state index contributed by atoms with van der Waals surface area (Å²) in [6.45, 7) is 2.42. The summed E-state index contributed by atoms with van der Waals surface area (Å²) in [4.78, 5) is 12.7. The first-order valence-electron chi connectivity index (χ1n) is 4.77. The van der Waals surface area contributed by atoms with Crippen LogP contribution in [0.1, 0.15) is 12.5 Å². The Morgan fingerprint density at radius 1 is 1.40 bits per heavy atom. The Hall–Kier alpha value is -1.71. The molecule has 15 heavy (non-hydrogen) atoms. The Labute approximate surface area is 88.4 Å². The molecule has 1 amide bonds. The zero-order valence-corrected chi connectivity index (χ0v) is 8.82. The van der Waals surface area contributed by atoms with E-state index < -0.39 is 0 Å².